The molecule has 152 valence electrons. The van der Waals surface area contributed by atoms with Gasteiger partial charge >= 0.3 is 5.97 Å². The molecule has 0 bridgehead atoms. The van der Waals surface area contributed by atoms with E-state index in [4.69, 9.17) is 18.6 Å². The lowest BCUT2D eigenvalue weighted by Crippen LogP contribution is -2.47. The molecule has 1 aromatic rings. The van der Waals surface area contributed by atoms with Crippen LogP contribution in [-0.2, 0) is 23.4 Å². The second kappa shape index (κ2) is 8.03. The van der Waals surface area contributed by atoms with Crippen molar-refractivity contribution in [2.45, 2.75) is 83.8 Å². The van der Waals surface area contributed by atoms with Crippen molar-refractivity contribution in [1.82, 2.24) is 0 Å². The van der Waals surface area contributed by atoms with Crippen molar-refractivity contribution in [3.8, 4) is 0 Å². The first kappa shape index (κ1) is 22.1. The molecule has 0 aliphatic carbocycles. The normalized spacial score (nSPS) is 23.9. The Bertz CT molecular complexity index is 636. The molecule has 1 aliphatic heterocycles. The van der Waals surface area contributed by atoms with Gasteiger partial charge < -0.3 is 18.6 Å². The molecule has 3 atom stereocenters. The van der Waals surface area contributed by atoms with Crippen LogP contribution in [0.1, 0.15) is 53.2 Å². The lowest BCUT2D eigenvalue weighted by Gasteiger charge is -2.41. The minimum Gasteiger partial charge on any atom is -0.464 e. The van der Waals surface area contributed by atoms with Gasteiger partial charge in [-0.3, -0.25) is 0 Å². The van der Waals surface area contributed by atoms with Gasteiger partial charge in [0.15, 0.2) is 20.2 Å². The van der Waals surface area contributed by atoms with Gasteiger partial charge in [0, 0.05) is 0 Å². The summed E-state index contributed by atoms with van der Waals surface area (Å²) in [6.07, 6.45) is -1.81. The van der Waals surface area contributed by atoms with Gasteiger partial charge in [-0.2, -0.15) is 0 Å². The maximum absolute atomic E-state index is 12.6. The Morgan fingerprint density at radius 1 is 1.19 bits per heavy atom. The third kappa shape index (κ3) is 5.19. The zero-order valence-corrected chi connectivity index (χ0v) is 18.9. The number of rotatable bonds is 6. The van der Waals surface area contributed by atoms with Crippen LogP contribution in [0.3, 0.4) is 0 Å². The first-order chi connectivity index (χ1) is 12.4. The van der Waals surface area contributed by atoms with Gasteiger partial charge in [0.05, 0.1) is 12.7 Å². The van der Waals surface area contributed by atoms with Crippen LogP contribution in [0.15, 0.2) is 30.3 Å². The molecule has 1 aromatic carbocycles. The molecule has 0 radical (unpaired) electrons. The highest BCUT2D eigenvalue weighted by Gasteiger charge is 2.52. The fraction of sp³-hybridized carbons (Fsp3) is 0.667. The van der Waals surface area contributed by atoms with Gasteiger partial charge in [0.25, 0.3) is 0 Å². The molecule has 0 N–H and O–H groups in total. The van der Waals surface area contributed by atoms with Crippen LogP contribution in [0, 0.1) is 0 Å². The SMILES string of the molecule is CCOC(=O)[C@H]1OC(C)(C)O[C@@H]1[C@@H](O[Si](C)(C)C(C)(C)C)c1ccccc1. The fourth-order valence-electron chi connectivity index (χ4n) is 2.88. The molecule has 5 nitrogen and oxygen atoms in total. The summed E-state index contributed by atoms with van der Waals surface area (Å²) in [4.78, 5) is 12.6. The summed E-state index contributed by atoms with van der Waals surface area (Å²) in [6, 6.07) is 9.92. The summed E-state index contributed by atoms with van der Waals surface area (Å²) >= 11 is 0. The quantitative estimate of drug-likeness (QED) is 0.511. The van der Waals surface area contributed by atoms with Crippen molar-refractivity contribution >= 4 is 14.3 Å². The van der Waals surface area contributed by atoms with E-state index in [0.717, 1.165) is 5.56 Å². The standard InChI is InChI=1S/C21H34O5Si/c1-9-23-19(22)18-17(24-21(5,6)25-18)16(15-13-11-10-12-14-15)26-27(7,8)20(2,3)4/h10-14,16-18H,9H2,1-8H3/t16-,17+,18-/m0/s1. The van der Waals surface area contributed by atoms with Crippen molar-refractivity contribution in [3.05, 3.63) is 35.9 Å². The lowest BCUT2D eigenvalue weighted by molar-refractivity contribution is -0.170. The van der Waals surface area contributed by atoms with Crippen LogP contribution >= 0.6 is 0 Å². The van der Waals surface area contributed by atoms with Crippen LogP contribution in [0.25, 0.3) is 0 Å². The van der Waals surface area contributed by atoms with E-state index in [1.54, 1.807) is 6.92 Å². The average Bonchev–Trinajstić information content (AvgIpc) is 2.88. The number of hydrogen-bond acceptors (Lipinski definition) is 5. The van der Waals surface area contributed by atoms with Gasteiger partial charge in [-0.05, 0) is 44.5 Å². The molecule has 1 heterocycles. The van der Waals surface area contributed by atoms with Crippen molar-refractivity contribution < 1.29 is 23.4 Å². The molecular formula is C21H34O5Si. The molecule has 0 unspecified atom stereocenters. The molecule has 0 amide bonds. The Morgan fingerprint density at radius 2 is 1.78 bits per heavy atom. The van der Waals surface area contributed by atoms with Gasteiger partial charge in [0.2, 0.25) is 0 Å². The predicted octanol–water partition coefficient (Wildman–Crippen LogP) is 4.83. The maximum Gasteiger partial charge on any atom is 0.338 e. The largest absolute Gasteiger partial charge is 0.464 e. The molecular weight excluding hydrogens is 360 g/mol. The molecule has 1 fully saturated rings. The summed E-state index contributed by atoms with van der Waals surface area (Å²) in [5.74, 6) is -1.29. The topological polar surface area (TPSA) is 54.0 Å². The Kier molecular flexibility index (Phi) is 6.57. The zero-order valence-electron chi connectivity index (χ0n) is 17.9. The van der Waals surface area contributed by atoms with E-state index in [9.17, 15) is 4.79 Å². The molecule has 2 rings (SSSR count). The van der Waals surface area contributed by atoms with Gasteiger partial charge in [-0.25, -0.2) is 4.79 Å². The third-order valence-corrected chi connectivity index (χ3v) is 9.76. The first-order valence-electron chi connectivity index (χ1n) is 9.63. The van der Waals surface area contributed by atoms with E-state index in [1.807, 2.05) is 44.2 Å². The molecule has 6 heteroatoms. The monoisotopic (exact) mass is 394 g/mol. The molecule has 0 aromatic heterocycles. The third-order valence-electron chi connectivity index (χ3n) is 5.30. The highest BCUT2D eigenvalue weighted by atomic mass is 28.4. The number of ether oxygens (including phenoxy) is 3. The summed E-state index contributed by atoms with van der Waals surface area (Å²) in [5, 5.41) is 0.0223. The predicted molar refractivity (Wildman–Crippen MR) is 108 cm³/mol. The Labute approximate surface area is 164 Å². The summed E-state index contributed by atoms with van der Waals surface area (Å²) in [5.41, 5.74) is 0.975. The average molecular weight is 395 g/mol. The van der Waals surface area contributed by atoms with Crippen molar-refractivity contribution in [1.29, 1.82) is 0 Å². The minimum atomic E-state index is -2.14. The molecule has 0 saturated carbocycles. The second-order valence-electron chi connectivity index (χ2n) is 8.98. The minimum absolute atomic E-state index is 0.0223. The van der Waals surface area contributed by atoms with Gasteiger partial charge in [-0.1, -0.05) is 51.1 Å². The van der Waals surface area contributed by atoms with E-state index in [-0.39, 0.29) is 5.04 Å². The Balaban J connectivity index is 2.44. The van der Waals surface area contributed by atoms with E-state index in [0.29, 0.717) is 6.61 Å². The maximum atomic E-state index is 12.6. The van der Waals surface area contributed by atoms with Crippen LogP contribution < -0.4 is 0 Å². The van der Waals surface area contributed by atoms with E-state index in [1.165, 1.54) is 0 Å². The van der Waals surface area contributed by atoms with Crippen LogP contribution in [0.5, 0.6) is 0 Å². The van der Waals surface area contributed by atoms with Gasteiger partial charge in [0.1, 0.15) is 6.10 Å². The fourth-order valence-corrected chi connectivity index (χ4v) is 4.14. The number of esters is 1. The lowest BCUT2D eigenvalue weighted by atomic mass is 10.0. The molecule has 0 spiro atoms. The molecule has 27 heavy (non-hydrogen) atoms. The highest BCUT2D eigenvalue weighted by molar-refractivity contribution is 6.74. The van der Waals surface area contributed by atoms with E-state index >= 15 is 0 Å². The van der Waals surface area contributed by atoms with Crippen LogP contribution in [-0.4, -0.2) is 38.9 Å². The summed E-state index contributed by atoms with van der Waals surface area (Å²) < 4.78 is 24.1. The second-order valence-corrected chi connectivity index (χ2v) is 13.7. The zero-order chi connectivity index (χ0) is 20.5. The summed E-state index contributed by atoms with van der Waals surface area (Å²) in [7, 11) is -2.14. The van der Waals surface area contributed by atoms with Crippen molar-refractivity contribution in [3.63, 3.8) is 0 Å². The number of benzene rings is 1. The van der Waals surface area contributed by atoms with Crippen LogP contribution in [0.4, 0.5) is 0 Å². The van der Waals surface area contributed by atoms with Crippen LogP contribution in [0.2, 0.25) is 18.1 Å². The molecule has 1 saturated heterocycles. The van der Waals surface area contributed by atoms with Crippen molar-refractivity contribution in [2.24, 2.45) is 0 Å². The number of carbonyl (C=O) groups is 1. The highest BCUT2D eigenvalue weighted by Crippen LogP contribution is 2.44. The number of hydrogen-bond donors (Lipinski definition) is 0. The first-order valence-corrected chi connectivity index (χ1v) is 12.5. The summed E-state index contributed by atoms with van der Waals surface area (Å²) in [6.45, 7) is 16.7. The smallest absolute Gasteiger partial charge is 0.338 e. The van der Waals surface area contributed by atoms with Gasteiger partial charge in [-0.15, -0.1) is 0 Å². The van der Waals surface area contributed by atoms with E-state index in [2.05, 4.69) is 33.9 Å². The Hall–Kier alpha value is -1.21. The van der Waals surface area contributed by atoms with Crippen molar-refractivity contribution in [2.75, 3.05) is 6.61 Å². The Morgan fingerprint density at radius 3 is 2.30 bits per heavy atom. The molecule has 1 aliphatic rings. The number of carbonyl (C=O) groups excluding carboxylic acids is 1. The van der Waals surface area contributed by atoms with E-state index < -0.39 is 38.4 Å².